The van der Waals surface area contributed by atoms with E-state index in [4.69, 9.17) is 9.26 Å². The topological polar surface area (TPSA) is 67.5 Å². The van der Waals surface area contributed by atoms with E-state index in [0.29, 0.717) is 12.3 Å². The summed E-state index contributed by atoms with van der Waals surface area (Å²) in [4.78, 5) is 0. The van der Waals surface area contributed by atoms with Crippen molar-refractivity contribution in [1.82, 2.24) is 10.5 Å². The molecule has 1 unspecified atom stereocenters. The Kier molecular flexibility index (Phi) is 3.84. The first kappa shape index (κ1) is 12.4. The Hall–Kier alpha value is -2.01. The second kappa shape index (κ2) is 5.55. The number of hydrogen-bond donors (Lipinski definition) is 2. The number of benzene rings is 1. The number of hydrogen-bond acceptors (Lipinski definition) is 5. The quantitative estimate of drug-likeness (QED) is 0.849. The molecule has 5 heteroatoms. The highest BCUT2D eigenvalue weighted by atomic mass is 16.5. The van der Waals surface area contributed by atoms with E-state index >= 15 is 0 Å². The van der Waals surface area contributed by atoms with Crippen LogP contribution in [0.15, 0.2) is 35.1 Å². The summed E-state index contributed by atoms with van der Waals surface area (Å²) in [5.74, 6) is 0.618. The van der Waals surface area contributed by atoms with Gasteiger partial charge in [0, 0.05) is 18.7 Å². The summed E-state index contributed by atoms with van der Waals surface area (Å²) in [7, 11) is 1.53. The van der Waals surface area contributed by atoms with Crippen LogP contribution in [0.25, 0.3) is 0 Å². The molecule has 0 spiro atoms. The van der Waals surface area contributed by atoms with Crippen molar-refractivity contribution in [2.45, 2.75) is 19.5 Å². The summed E-state index contributed by atoms with van der Waals surface area (Å²) >= 11 is 0. The van der Waals surface area contributed by atoms with Gasteiger partial charge in [-0.3, -0.25) is 0 Å². The Morgan fingerprint density at radius 1 is 1.44 bits per heavy atom. The van der Waals surface area contributed by atoms with Gasteiger partial charge in [-0.05, 0) is 24.6 Å². The molecule has 0 radical (unpaired) electrons. The number of nitrogens with one attached hydrogen (secondary N) is 1. The molecule has 0 aliphatic carbocycles. The van der Waals surface area contributed by atoms with Crippen LogP contribution in [0.2, 0.25) is 0 Å². The van der Waals surface area contributed by atoms with Crippen molar-refractivity contribution in [3.8, 4) is 11.5 Å². The molecular formula is C13H16N2O3. The Morgan fingerprint density at radius 3 is 2.94 bits per heavy atom. The smallest absolute Gasteiger partial charge is 0.160 e. The van der Waals surface area contributed by atoms with Gasteiger partial charge in [-0.2, -0.15) is 0 Å². The van der Waals surface area contributed by atoms with E-state index in [1.807, 2.05) is 25.1 Å². The lowest BCUT2D eigenvalue weighted by Crippen LogP contribution is -2.18. The number of phenolic OH excluding ortho intramolecular Hbond substituents is 1. The van der Waals surface area contributed by atoms with Crippen LogP contribution in [0, 0.1) is 0 Å². The van der Waals surface area contributed by atoms with Crippen LogP contribution >= 0.6 is 0 Å². The molecule has 5 nitrogen and oxygen atoms in total. The molecule has 1 heterocycles. The zero-order valence-electron chi connectivity index (χ0n) is 10.4. The lowest BCUT2D eigenvalue weighted by molar-refractivity contribution is 0.372. The minimum atomic E-state index is 0.121. The fraction of sp³-hybridized carbons (Fsp3) is 0.308. The normalized spacial score (nSPS) is 12.3. The Morgan fingerprint density at radius 2 is 2.28 bits per heavy atom. The first-order valence-electron chi connectivity index (χ1n) is 5.70. The molecular weight excluding hydrogens is 232 g/mol. The van der Waals surface area contributed by atoms with E-state index in [9.17, 15) is 5.11 Å². The molecule has 96 valence electrons. The highest BCUT2D eigenvalue weighted by Crippen LogP contribution is 2.28. The molecule has 0 aliphatic rings. The maximum absolute atomic E-state index is 9.53. The van der Waals surface area contributed by atoms with Gasteiger partial charge in [-0.25, -0.2) is 0 Å². The van der Waals surface area contributed by atoms with Crippen LogP contribution in [-0.2, 0) is 6.54 Å². The average Bonchev–Trinajstić information content (AvgIpc) is 2.89. The Balaban J connectivity index is 2.02. The maximum Gasteiger partial charge on any atom is 0.160 e. The summed E-state index contributed by atoms with van der Waals surface area (Å²) in [5, 5.41) is 16.7. The number of ether oxygens (including phenoxy) is 1. The SMILES string of the molecule is COc1cc(C(C)NCc2ccon2)ccc1O. The summed E-state index contributed by atoms with van der Waals surface area (Å²) in [6, 6.07) is 7.24. The minimum absolute atomic E-state index is 0.121. The number of nitrogens with zero attached hydrogens (tertiary/aromatic N) is 1. The zero-order chi connectivity index (χ0) is 13.0. The van der Waals surface area contributed by atoms with Gasteiger partial charge < -0.3 is 19.7 Å². The third-order valence-electron chi connectivity index (χ3n) is 2.78. The molecule has 2 aromatic rings. The van der Waals surface area contributed by atoms with Crippen molar-refractivity contribution in [2.24, 2.45) is 0 Å². The summed E-state index contributed by atoms with van der Waals surface area (Å²) in [5.41, 5.74) is 1.89. The number of aromatic hydroxyl groups is 1. The van der Waals surface area contributed by atoms with E-state index in [0.717, 1.165) is 11.3 Å². The maximum atomic E-state index is 9.53. The van der Waals surface area contributed by atoms with Crippen LogP contribution in [-0.4, -0.2) is 17.4 Å². The van der Waals surface area contributed by atoms with Crippen molar-refractivity contribution in [2.75, 3.05) is 7.11 Å². The van der Waals surface area contributed by atoms with E-state index in [2.05, 4.69) is 10.5 Å². The van der Waals surface area contributed by atoms with Crippen LogP contribution in [0.5, 0.6) is 11.5 Å². The van der Waals surface area contributed by atoms with Crippen molar-refractivity contribution in [1.29, 1.82) is 0 Å². The fourth-order valence-corrected chi connectivity index (χ4v) is 1.67. The first-order chi connectivity index (χ1) is 8.70. The molecule has 0 saturated carbocycles. The molecule has 1 atom stereocenters. The van der Waals surface area contributed by atoms with Crippen molar-refractivity contribution in [3.63, 3.8) is 0 Å². The van der Waals surface area contributed by atoms with Gasteiger partial charge >= 0.3 is 0 Å². The van der Waals surface area contributed by atoms with E-state index in [1.165, 1.54) is 7.11 Å². The van der Waals surface area contributed by atoms with Crippen LogP contribution in [0.3, 0.4) is 0 Å². The zero-order valence-corrected chi connectivity index (χ0v) is 10.4. The predicted molar refractivity (Wildman–Crippen MR) is 66.4 cm³/mol. The number of aromatic nitrogens is 1. The van der Waals surface area contributed by atoms with Crippen LogP contribution in [0.1, 0.15) is 24.2 Å². The standard InChI is InChI=1S/C13H16N2O3/c1-9(14-8-11-5-6-18-15-11)10-3-4-12(16)13(7-10)17-2/h3-7,9,14,16H,8H2,1-2H3. The van der Waals surface area contributed by atoms with Crippen molar-refractivity contribution < 1.29 is 14.4 Å². The van der Waals surface area contributed by atoms with E-state index in [-0.39, 0.29) is 11.8 Å². The minimum Gasteiger partial charge on any atom is -0.504 e. The van der Waals surface area contributed by atoms with Crippen molar-refractivity contribution >= 4 is 0 Å². The lowest BCUT2D eigenvalue weighted by Gasteiger charge is -2.14. The number of phenols is 1. The molecule has 18 heavy (non-hydrogen) atoms. The third kappa shape index (κ3) is 2.81. The molecule has 1 aromatic carbocycles. The highest BCUT2D eigenvalue weighted by Gasteiger charge is 2.09. The molecule has 0 saturated heterocycles. The second-order valence-corrected chi connectivity index (χ2v) is 4.02. The molecule has 2 rings (SSSR count). The number of methoxy groups -OCH3 is 1. The molecule has 0 fully saturated rings. The molecule has 0 amide bonds. The average molecular weight is 248 g/mol. The van der Waals surface area contributed by atoms with Crippen LogP contribution in [0.4, 0.5) is 0 Å². The summed E-state index contributed by atoms with van der Waals surface area (Å²) in [6.07, 6.45) is 1.55. The third-order valence-corrected chi connectivity index (χ3v) is 2.78. The van der Waals surface area contributed by atoms with Gasteiger partial charge in [0.2, 0.25) is 0 Å². The summed E-state index contributed by atoms with van der Waals surface area (Å²) in [6.45, 7) is 2.66. The van der Waals surface area contributed by atoms with Crippen molar-refractivity contribution in [3.05, 3.63) is 41.8 Å². The fourth-order valence-electron chi connectivity index (χ4n) is 1.67. The van der Waals surface area contributed by atoms with Gasteiger partial charge in [0.1, 0.15) is 6.26 Å². The Bertz CT molecular complexity index is 497. The van der Waals surface area contributed by atoms with Gasteiger partial charge in [0.05, 0.1) is 12.8 Å². The van der Waals surface area contributed by atoms with E-state index in [1.54, 1.807) is 12.3 Å². The van der Waals surface area contributed by atoms with Gasteiger partial charge in [0.25, 0.3) is 0 Å². The highest BCUT2D eigenvalue weighted by molar-refractivity contribution is 5.42. The van der Waals surface area contributed by atoms with Gasteiger partial charge in [0.15, 0.2) is 11.5 Å². The molecule has 2 N–H and O–H groups in total. The monoisotopic (exact) mass is 248 g/mol. The predicted octanol–water partition coefficient (Wildman–Crippen LogP) is 2.24. The van der Waals surface area contributed by atoms with Gasteiger partial charge in [-0.1, -0.05) is 11.2 Å². The molecule has 0 bridgehead atoms. The first-order valence-corrected chi connectivity index (χ1v) is 5.70. The molecule has 1 aromatic heterocycles. The van der Waals surface area contributed by atoms with Crippen LogP contribution < -0.4 is 10.1 Å². The Labute approximate surface area is 105 Å². The summed E-state index contributed by atoms with van der Waals surface area (Å²) < 4.78 is 9.84. The second-order valence-electron chi connectivity index (χ2n) is 4.02. The lowest BCUT2D eigenvalue weighted by atomic mass is 10.1. The largest absolute Gasteiger partial charge is 0.504 e. The molecule has 0 aliphatic heterocycles. The van der Waals surface area contributed by atoms with E-state index < -0.39 is 0 Å². The van der Waals surface area contributed by atoms with Gasteiger partial charge in [-0.15, -0.1) is 0 Å². The number of rotatable bonds is 5.